The fourth-order valence-electron chi connectivity index (χ4n) is 5.97. The van der Waals surface area contributed by atoms with Gasteiger partial charge in [-0.05, 0) is 30.9 Å². The van der Waals surface area contributed by atoms with E-state index in [0.717, 1.165) is 55.4 Å². The molecule has 2 atom stereocenters. The predicted octanol–water partition coefficient (Wildman–Crippen LogP) is 5.65. The lowest BCUT2D eigenvalue weighted by Crippen LogP contribution is -2.37. The van der Waals surface area contributed by atoms with Gasteiger partial charge in [-0.15, -0.1) is 0 Å². The second kappa shape index (κ2) is 12.5. The fraction of sp³-hybridized carbons (Fsp3) is 0.387. The van der Waals surface area contributed by atoms with Crippen molar-refractivity contribution in [3.63, 3.8) is 0 Å². The standard InChI is InChI=1S/C31H35F2N7O3/c1-38-17-21(15-36-38)23-12-25(28(42-3)13-27(23)39-10-5-6-20(16-39)18-41-2)37-29-14-30(35-19-34-29)40-26(9-11-43-40)22-7-4-8-24(32)31(22)33/h4,7-8,12-15,17,19-20,26H,5-6,9-11,16,18H2,1-3H3,(H,34,35,37)/t20-,26-/m1/s1. The van der Waals surface area contributed by atoms with Gasteiger partial charge < -0.3 is 19.7 Å². The number of anilines is 4. The zero-order valence-corrected chi connectivity index (χ0v) is 24.5. The van der Waals surface area contributed by atoms with Gasteiger partial charge in [0.15, 0.2) is 17.5 Å². The molecule has 12 heteroatoms. The summed E-state index contributed by atoms with van der Waals surface area (Å²) in [6.07, 6.45) is 7.94. The van der Waals surface area contributed by atoms with Crippen LogP contribution in [0.3, 0.4) is 0 Å². The number of aromatic nitrogens is 4. The number of halogens is 2. The lowest BCUT2D eigenvalue weighted by molar-refractivity contribution is 0.143. The summed E-state index contributed by atoms with van der Waals surface area (Å²) in [6, 6.07) is 9.44. The Hall–Kier alpha value is -4.29. The van der Waals surface area contributed by atoms with Crippen molar-refractivity contribution >= 4 is 23.0 Å². The number of hydrogen-bond donors (Lipinski definition) is 1. The number of aryl methyl sites for hydroxylation is 1. The molecule has 0 saturated carbocycles. The first-order valence-corrected chi connectivity index (χ1v) is 14.3. The minimum Gasteiger partial charge on any atom is -0.494 e. The van der Waals surface area contributed by atoms with Gasteiger partial charge >= 0.3 is 0 Å². The van der Waals surface area contributed by atoms with E-state index in [1.54, 1.807) is 31.0 Å². The van der Waals surface area contributed by atoms with Crippen LogP contribution in [0.15, 0.2) is 55.1 Å². The molecule has 0 spiro atoms. The molecule has 2 saturated heterocycles. The number of nitrogens with one attached hydrogen (secondary N) is 1. The molecule has 2 aromatic carbocycles. The highest BCUT2D eigenvalue weighted by Crippen LogP contribution is 2.42. The van der Waals surface area contributed by atoms with Crippen LogP contribution in [0.2, 0.25) is 0 Å². The highest BCUT2D eigenvalue weighted by atomic mass is 19.2. The van der Waals surface area contributed by atoms with E-state index in [2.05, 4.69) is 25.3 Å². The molecule has 0 aliphatic carbocycles. The summed E-state index contributed by atoms with van der Waals surface area (Å²) in [6.45, 7) is 2.88. The lowest BCUT2D eigenvalue weighted by atomic mass is 9.96. The number of nitrogens with zero attached hydrogens (tertiary/aromatic N) is 6. The third-order valence-corrected chi connectivity index (χ3v) is 7.98. The van der Waals surface area contributed by atoms with Gasteiger partial charge in [0.05, 0.1) is 38.2 Å². The molecular weight excluding hydrogens is 556 g/mol. The summed E-state index contributed by atoms with van der Waals surface area (Å²) >= 11 is 0. The summed E-state index contributed by atoms with van der Waals surface area (Å²) in [5, 5.41) is 9.31. The molecule has 0 unspecified atom stereocenters. The fourth-order valence-corrected chi connectivity index (χ4v) is 5.97. The lowest BCUT2D eigenvalue weighted by Gasteiger charge is -2.35. The van der Waals surface area contributed by atoms with Crippen LogP contribution in [0.1, 0.15) is 30.9 Å². The number of hydroxylamine groups is 1. The summed E-state index contributed by atoms with van der Waals surface area (Å²) in [5.41, 5.74) is 3.97. The molecule has 2 aliphatic rings. The Morgan fingerprint density at radius 1 is 1.12 bits per heavy atom. The Bertz CT molecular complexity index is 1580. The van der Waals surface area contributed by atoms with E-state index < -0.39 is 17.7 Å². The first kappa shape index (κ1) is 28.8. The molecule has 2 aromatic heterocycles. The minimum atomic E-state index is -0.895. The maximum absolute atomic E-state index is 14.7. The van der Waals surface area contributed by atoms with Crippen molar-refractivity contribution in [2.75, 3.05) is 55.8 Å². The second-order valence-electron chi connectivity index (χ2n) is 10.9. The largest absolute Gasteiger partial charge is 0.494 e. The summed E-state index contributed by atoms with van der Waals surface area (Å²) in [4.78, 5) is 17.0. The molecule has 2 fully saturated rings. The highest BCUT2D eigenvalue weighted by Gasteiger charge is 2.32. The first-order chi connectivity index (χ1) is 20.9. The Labute approximate surface area is 249 Å². The van der Waals surface area contributed by atoms with Gasteiger partial charge in [0.25, 0.3) is 0 Å². The second-order valence-corrected chi connectivity index (χ2v) is 10.9. The molecule has 4 aromatic rings. The van der Waals surface area contributed by atoms with Gasteiger partial charge in [0, 0.05) is 74.4 Å². The van der Waals surface area contributed by atoms with Crippen LogP contribution in [0.4, 0.5) is 31.8 Å². The van der Waals surface area contributed by atoms with Gasteiger partial charge in [-0.3, -0.25) is 9.52 Å². The van der Waals surface area contributed by atoms with Gasteiger partial charge in [0.1, 0.15) is 17.9 Å². The van der Waals surface area contributed by atoms with Crippen molar-refractivity contribution in [1.82, 2.24) is 19.7 Å². The zero-order valence-electron chi connectivity index (χ0n) is 24.5. The maximum Gasteiger partial charge on any atom is 0.164 e. The zero-order chi connectivity index (χ0) is 29.9. The van der Waals surface area contributed by atoms with Gasteiger partial charge in [-0.2, -0.15) is 5.10 Å². The summed E-state index contributed by atoms with van der Waals surface area (Å²) in [7, 11) is 5.28. The molecule has 0 amide bonds. The molecule has 6 rings (SSSR count). The summed E-state index contributed by atoms with van der Waals surface area (Å²) in [5.74, 6) is 0.220. The number of methoxy groups -OCH3 is 2. The SMILES string of the molecule is COC[C@@H]1CCCN(c2cc(OC)c(Nc3cc(N4OCC[C@@H]4c4cccc(F)c4F)ncn3)cc2-c2cnn(C)c2)C1. The number of ether oxygens (including phenoxy) is 2. The minimum absolute atomic E-state index is 0.217. The van der Waals surface area contributed by atoms with E-state index in [1.807, 2.05) is 31.6 Å². The van der Waals surface area contributed by atoms with E-state index in [1.165, 1.54) is 17.5 Å². The van der Waals surface area contributed by atoms with Crippen molar-refractivity contribution in [3.8, 4) is 16.9 Å². The van der Waals surface area contributed by atoms with E-state index in [9.17, 15) is 8.78 Å². The van der Waals surface area contributed by atoms with Crippen molar-refractivity contribution in [3.05, 3.63) is 72.3 Å². The average Bonchev–Trinajstić information content (AvgIpc) is 3.68. The van der Waals surface area contributed by atoms with Crippen LogP contribution in [0, 0.1) is 17.6 Å². The van der Waals surface area contributed by atoms with Crippen molar-refractivity contribution in [2.45, 2.75) is 25.3 Å². The van der Waals surface area contributed by atoms with Crippen molar-refractivity contribution in [2.24, 2.45) is 13.0 Å². The van der Waals surface area contributed by atoms with Crippen LogP contribution in [0.25, 0.3) is 11.1 Å². The predicted molar refractivity (Wildman–Crippen MR) is 159 cm³/mol. The number of rotatable bonds is 9. The van der Waals surface area contributed by atoms with Gasteiger partial charge in [0.2, 0.25) is 0 Å². The topological polar surface area (TPSA) is 89.8 Å². The average molecular weight is 592 g/mol. The maximum atomic E-state index is 14.7. The van der Waals surface area contributed by atoms with Crippen LogP contribution < -0.4 is 20.0 Å². The Kier molecular flexibility index (Phi) is 8.39. The summed E-state index contributed by atoms with van der Waals surface area (Å²) < 4.78 is 41.8. The molecule has 0 bridgehead atoms. The molecule has 2 aliphatic heterocycles. The molecule has 43 heavy (non-hydrogen) atoms. The third-order valence-electron chi connectivity index (χ3n) is 7.98. The Morgan fingerprint density at radius 3 is 2.79 bits per heavy atom. The van der Waals surface area contributed by atoms with Gasteiger partial charge in [-0.25, -0.2) is 23.8 Å². The molecule has 0 radical (unpaired) electrons. The molecular formula is C31H35F2N7O3. The Morgan fingerprint density at radius 2 is 2.00 bits per heavy atom. The van der Waals surface area contributed by atoms with Crippen LogP contribution in [-0.2, 0) is 16.6 Å². The highest BCUT2D eigenvalue weighted by molar-refractivity contribution is 5.85. The molecule has 1 N–H and O–H groups in total. The number of hydrogen-bond acceptors (Lipinski definition) is 9. The van der Waals surface area contributed by atoms with Crippen LogP contribution in [0.5, 0.6) is 5.75 Å². The first-order valence-electron chi connectivity index (χ1n) is 14.3. The quantitative estimate of drug-likeness (QED) is 0.265. The molecule has 226 valence electrons. The molecule has 4 heterocycles. The van der Waals surface area contributed by atoms with Gasteiger partial charge in [-0.1, -0.05) is 12.1 Å². The normalized spacial score (nSPS) is 18.7. The van der Waals surface area contributed by atoms with Crippen molar-refractivity contribution in [1.29, 1.82) is 0 Å². The van der Waals surface area contributed by atoms with Crippen molar-refractivity contribution < 1.29 is 23.1 Å². The number of piperidine rings is 1. The van der Waals surface area contributed by atoms with E-state index in [-0.39, 0.29) is 5.56 Å². The van der Waals surface area contributed by atoms with Crippen LogP contribution in [-0.4, -0.2) is 60.3 Å². The van der Waals surface area contributed by atoms with E-state index in [4.69, 9.17) is 14.3 Å². The van der Waals surface area contributed by atoms with E-state index in [0.29, 0.717) is 42.0 Å². The Balaban J connectivity index is 1.33. The monoisotopic (exact) mass is 591 g/mol. The number of benzene rings is 2. The third kappa shape index (κ3) is 5.98. The smallest absolute Gasteiger partial charge is 0.164 e. The molecule has 10 nitrogen and oxygen atoms in total. The van der Waals surface area contributed by atoms with E-state index >= 15 is 0 Å². The van der Waals surface area contributed by atoms with Crippen LogP contribution >= 0.6 is 0 Å².